The van der Waals surface area contributed by atoms with Crippen LogP contribution < -0.4 is 5.32 Å². The lowest BCUT2D eigenvalue weighted by molar-refractivity contribution is 0.0948. The van der Waals surface area contributed by atoms with Gasteiger partial charge in [-0.25, -0.2) is 0 Å². The van der Waals surface area contributed by atoms with Crippen molar-refractivity contribution in [3.63, 3.8) is 0 Å². The summed E-state index contributed by atoms with van der Waals surface area (Å²) in [6.45, 7) is 0.307. The van der Waals surface area contributed by atoms with Crippen LogP contribution in [0.25, 0.3) is 10.9 Å². The van der Waals surface area contributed by atoms with E-state index in [0.717, 1.165) is 5.56 Å². The van der Waals surface area contributed by atoms with Gasteiger partial charge in [-0.3, -0.25) is 9.78 Å². The minimum absolute atomic E-state index is 0.0931. The summed E-state index contributed by atoms with van der Waals surface area (Å²) in [4.78, 5) is 16.6. The number of pyridine rings is 1. The standard InChI is InChI=1S/C19H14ClN3O2/c20-14-6-4-12(5-7-14)10-23-19(25)16-11-22-17-13(8-9-21)2-1-3-15(17)18(16)24/h1-7,11H,8,10H2,(H,22,24)(H,23,25). The molecule has 0 unspecified atom stereocenters. The highest BCUT2D eigenvalue weighted by atomic mass is 35.5. The molecule has 25 heavy (non-hydrogen) atoms. The average Bonchev–Trinajstić information content (AvgIpc) is 2.62. The van der Waals surface area contributed by atoms with E-state index in [1.807, 2.05) is 12.1 Å². The third-order valence-corrected chi connectivity index (χ3v) is 4.09. The third kappa shape index (κ3) is 3.54. The molecule has 124 valence electrons. The predicted molar refractivity (Wildman–Crippen MR) is 95.3 cm³/mol. The van der Waals surface area contributed by atoms with E-state index in [1.54, 1.807) is 30.3 Å². The largest absolute Gasteiger partial charge is 0.506 e. The van der Waals surface area contributed by atoms with Crippen LogP contribution in [-0.4, -0.2) is 16.0 Å². The number of benzene rings is 2. The normalized spacial score (nSPS) is 10.4. The Morgan fingerprint density at radius 2 is 2.00 bits per heavy atom. The van der Waals surface area contributed by atoms with Gasteiger partial charge in [-0.1, -0.05) is 35.9 Å². The number of fused-ring (bicyclic) bond motifs is 1. The number of halogens is 1. The van der Waals surface area contributed by atoms with Crippen LogP contribution >= 0.6 is 11.6 Å². The predicted octanol–water partition coefficient (Wildman–Crippen LogP) is 3.59. The summed E-state index contributed by atoms with van der Waals surface area (Å²) in [7, 11) is 0. The number of carbonyl (C=O) groups excluding carboxylic acids is 1. The van der Waals surface area contributed by atoms with Gasteiger partial charge in [0.1, 0.15) is 11.3 Å². The van der Waals surface area contributed by atoms with Crippen molar-refractivity contribution in [2.45, 2.75) is 13.0 Å². The Balaban J connectivity index is 1.85. The molecule has 2 N–H and O–H groups in total. The summed E-state index contributed by atoms with van der Waals surface area (Å²) in [5, 5.41) is 23.1. The summed E-state index contributed by atoms with van der Waals surface area (Å²) in [5.74, 6) is -0.564. The van der Waals surface area contributed by atoms with Crippen LogP contribution in [0.3, 0.4) is 0 Å². The highest BCUT2D eigenvalue weighted by molar-refractivity contribution is 6.30. The second-order valence-corrected chi connectivity index (χ2v) is 5.91. The molecule has 1 amide bonds. The zero-order valence-corrected chi connectivity index (χ0v) is 13.9. The summed E-state index contributed by atoms with van der Waals surface area (Å²) in [6.07, 6.45) is 1.52. The minimum Gasteiger partial charge on any atom is -0.506 e. The van der Waals surface area contributed by atoms with Crippen LogP contribution in [0.2, 0.25) is 5.02 Å². The van der Waals surface area contributed by atoms with E-state index in [0.29, 0.717) is 28.0 Å². The Hall–Kier alpha value is -3.10. The van der Waals surface area contributed by atoms with Crippen molar-refractivity contribution < 1.29 is 9.90 Å². The first-order chi connectivity index (χ1) is 12.1. The van der Waals surface area contributed by atoms with Crippen LogP contribution in [0.4, 0.5) is 0 Å². The van der Waals surface area contributed by atoms with E-state index in [9.17, 15) is 9.90 Å². The molecule has 0 aliphatic rings. The van der Waals surface area contributed by atoms with Gasteiger partial charge < -0.3 is 10.4 Å². The third-order valence-electron chi connectivity index (χ3n) is 3.83. The van der Waals surface area contributed by atoms with Crippen LogP contribution in [0.1, 0.15) is 21.5 Å². The lowest BCUT2D eigenvalue weighted by atomic mass is 10.0. The number of nitrogens with zero attached hydrogens (tertiary/aromatic N) is 2. The van der Waals surface area contributed by atoms with Crippen molar-refractivity contribution in [1.29, 1.82) is 5.26 Å². The minimum atomic E-state index is -0.424. The molecule has 0 fully saturated rings. The van der Waals surface area contributed by atoms with Gasteiger partial charge in [-0.15, -0.1) is 0 Å². The van der Waals surface area contributed by atoms with Gasteiger partial charge >= 0.3 is 0 Å². The molecule has 0 spiro atoms. The number of aromatic nitrogens is 1. The second kappa shape index (κ2) is 7.20. The molecule has 6 heteroatoms. The van der Waals surface area contributed by atoms with Gasteiger partial charge in [0.15, 0.2) is 0 Å². The highest BCUT2D eigenvalue weighted by Crippen LogP contribution is 2.29. The smallest absolute Gasteiger partial charge is 0.256 e. The first-order valence-electron chi connectivity index (χ1n) is 7.59. The van der Waals surface area contributed by atoms with Crippen molar-refractivity contribution in [2.24, 2.45) is 0 Å². The van der Waals surface area contributed by atoms with Crippen LogP contribution in [-0.2, 0) is 13.0 Å². The van der Waals surface area contributed by atoms with Gasteiger partial charge in [-0.2, -0.15) is 5.26 Å². The molecule has 0 aliphatic heterocycles. The van der Waals surface area contributed by atoms with Crippen molar-refractivity contribution in [2.75, 3.05) is 0 Å². The lowest BCUT2D eigenvalue weighted by Crippen LogP contribution is -2.23. The molecular formula is C19H14ClN3O2. The molecule has 3 aromatic rings. The van der Waals surface area contributed by atoms with Crippen LogP contribution in [0.5, 0.6) is 5.75 Å². The molecule has 0 radical (unpaired) electrons. The fourth-order valence-corrected chi connectivity index (χ4v) is 2.67. The van der Waals surface area contributed by atoms with Gasteiger partial charge in [0, 0.05) is 23.2 Å². The van der Waals surface area contributed by atoms with Crippen LogP contribution in [0, 0.1) is 11.3 Å². The van der Waals surface area contributed by atoms with Gasteiger partial charge in [-0.05, 0) is 29.3 Å². The summed E-state index contributed by atoms with van der Waals surface area (Å²) in [5.41, 5.74) is 2.22. The Bertz CT molecular complexity index is 978. The number of hydrogen-bond acceptors (Lipinski definition) is 4. The Morgan fingerprint density at radius 3 is 2.72 bits per heavy atom. The molecule has 0 saturated heterocycles. The second-order valence-electron chi connectivity index (χ2n) is 5.48. The molecule has 1 heterocycles. The number of carbonyl (C=O) groups is 1. The van der Waals surface area contributed by atoms with Gasteiger partial charge in [0.25, 0.3) is 5.91 Å². The van der Waals surface area contributed by atoms with Crippen molar-refractivity contribution in [1.82, 2.24) is 10.3 Å². The van der Waals surface area contributed by atoms with E-state index in [1.165, 1.54) is 6.20 Å². The summed E-state index contributed by atoms with van der Waals surface area (Å²) in [6, 6.07) is 14.4. The number of para-hydroxylation sites is 1. The highest BCUT2D eigenvalue weighted by Gasteiger charge is 2.16. The fourth-order valence-electron chi connectivity index (χ4n) is 2.54. The van der Waals surface area contributed by atoms with Crippen molar-refractivity contribution in [3.8, 4) is 11.8 Å². The fraction of sp³-hybridized carbons (Fsp3) is 0.105. The van der Waals surface area contributed by atoms with E-state index in [2.05, 4.69) is 16.4 Å². The first-order valence-corrected chi connectivity index (χ1v) is 7.97. The average molecular weight is 352 g/mol. The molecule has 5 nitrogen and oxygen atoms in total. The molecule has 3 rings (SSSR count). The lowest BCUT2D eigenvalue weighted by Gasteiger charge is -2.10. The molecule has 0 bridgehead atoms. The van der Waals surface area contributed by atoms with E-state index in [4.69, 9.17) is 16.9 Å². The Kier molecular flexibility index (Phi) is 4.82. The van der Waals surface area contributed by atoms with Crippen molar-refractivity contribution >= 4 is 28.4 Å². The first kappa shape index (κ1) is 16.7. The number of hydrogen-bond donors (Lipinski definition) is 2. The zero-order chi connectivity index (χ0) is 17.8. The van der Waals surface area contributed by atoms with Crippen molar-refractivity contribution in [3.05, 3.63) is 70.4 Å². The molecule has 0 atom stereocenters. The summed E-state index contributed by atoms with van der Waals surface area (Å²) >= 11 is 5.83. The van der Waals surface area contributed by atoms with Gasteiger partial charge in [0.2, 0.25) is 0 Å². The molecule has 0 saturated carbocycles. The number of nitriles is 1. The topological polar surface area (TPSA) is 86.0 Å². The number of amides is 1. The van der Waals surface area contributed by atoms with Crippen LogP contribution in [0.15, 0.2) is 48.7 Å². The monoisotopic (exact) mass is 351 g/mol. The molecular weight excluding hydrogens is 338 g/mol. The number of aromatic hydroxyl groups is 1. The quantitative estimate of drug-likeness (QED) is 0.752. The van der Waals surface area contributed by atoms with E-state index < -0.39 is 5.91 Å². The Labute approximate surface area is 149 Å². The maximum Gasteiger partial charge on any atom is 0.256 e. The molecule has 1 aromatic heterocycles. The Morgan fingerprint density at radius 1 is 1.24 bits per heavy atom. The molecule has 0 aliphatic carbocycles. The van der Waals surface area contributed by atoms with Gasteiger partial charge in [0.05, 0.1) is 18.0 Å². The zero-order valence-electron chi connectivity index (χ0n) is 13.2. The maximum absolute atomic E-state index is 12.4. The maximum atomic E-state index is 12.4. The van der Waals surface area contributed by atoms with E-state index >= 15 is 0 Å². The number of rotatable bonds is 4. The number of nitrogens with one attached hydrogen (secondary N) is 1. The molecule has 2 aromatic carbocycles. The van der Waals surface area contributed by atoms with E-state index in [-0.39, 0.29) is 17.7 Å². The summed E-state index contributed by atoms with van der Waals surface area (Å²) < 4.78 is 0. The SMILES string of the molecule is N#CCc1cccc2c(O)c(C(=O)NCc3ccc(Cl)cc3)cnc12.